The minimum Gasteiger partial charge on any atom is -0.507 e. The number of Topliss-reactive ketones (excluding diaryl/α,β-unsaturated/α-hetero) is 1. The fourth-order valence-electron chi connectivity index (χ4n) is 4.64. The van der Waals surface area contributed by atoms with Gasteiger partial charge in [0.2, 0.25) is 0 Å². The zero-order valence-electron chi connectivity index (χ0n) is 21.0. The summed E-state index contributed by atoms with van der Waals surface area (Å²) in [5, 5.41) is 20.5. The van der Waals surface area contributed by atoms with Crippen LogP contribution in [0.4, 0.5) is 10.1 Å². The smallest absolute Gasteiger partial charge is 0.300 e. The van der Waals surface area contributed by atoms with Gasteiger partial charge in [0.05, 0.1) is 23.2 Å². The fourth-order valence-corrected chi connectivity index (χ4v) is 4.64. The molecule has 192 valence electrons. The molecule has 0 aliphatic carbocycles. The maximum Gasteiger partial charge on any atom is 0.300 e. The Morgan fingerprint density at radius 2 is 1.67 bits per heavy atom. The molecule has 0 bridgehead atoms. The Labute approximate surface area is 224 Å². The molecule has 5 rings (SSSR count). The number of carbonyl (C=O) groups excluding carboxylic acids is 2. The lowest BCUT2D eigenvalue weighted by Crippen LogP contribution is -2.29. The Bertz CT molecular complexity index is 1640. The Morgan fingerprint density at radius 1 is 0.974 bits per heavy atom. The van der Waals surface area contributed by atoms with Crippen molar-refractivity contribution in [3.05, 3.63) is 136 Å². The predicted molar refractivity (Wildman–Crippen MR) is 144 cm³/mol. The van der Waals surface area contributed by atoms with Crippen LogP contribution in [0, 0.1) is 24.1 Å². The number of nitrogens with zero attached hydrogens (tertiary/aromatic N) is 2. The lowest BCUT2D eigenvalue weighted by Gasteiger charge is -2.25. The van der Waals surface area contributed by atoms with Gasteiger partial charge < -0.3 is 9.84 Å². The van der Waals surface area contributed by atoms with Gasteiger partial charge in [0.25, 0.3) is 11.7 Å². The second-order valence-electron chi connectivity index (χ2n) is 9.10. The third-order valence-electron chi connectivity index (χ3n) is 6.60. The zero-order valence-corrected chi connectivity index (χ0v) is 21.0. The van der Waals surface area contributed by atoms with Crippen LogP contribution in [0.2, 0.25) is 0 Å². The highest BCUT2D eigenvalue weighted by Crippen LogP contribution is 2.43. The van der Waals surface area contributed by atoms with E-state index in [4.69, 9.17) is 10.00 Å². The molecule has 1 amide bonds. The van der Waals surface area contributed by atoms with Crippen molar-refractivity contribution >= 4 is 23.1 Å². The van der Waals surface area contributed by atoms with E-state index in [1.54, 1.807) is 31.2 Å². The zero-order chi connectivity index (χ0) is 27.5. The second kappa shape index (κ2) is 10.6. The topological polar surface area (TPSA) is 90.6 Å². The summed E-state index contributed by atoms with van der Waals surface area (Å²) in [6.07, 6.45) is 0. The van der Waals surface area contributed by atoms with Crippen molar-refractivity contribution in [1.29, 1.82) is 5.26 Å². The Kier molecular flexibility index (Phi) is 6.94. The lowest BCUT2D eigenvalue weighted by molar-refractivity contribution is -0.132. The molecule has 1 unspecified atom stereocenters. The summed E-state index contributed by atoms with van der Waals surface area (Å²) in [5.41, 5.74) is 2.48. The average Bonchev–Trinajstić information content (AvgIpc) is 3.22. The molecule has 1 aliphatic rings. The molecular formula is C32H23FN2O4. The molecule has 7 heteroatoms. The van der Waals surface area contributed by atoms with Gasteiger partial charge in [-0.3, -0.25) is 14.5 Å². The number of benzene rings is 4. The van der Waals surface area contributed by atoms with Gasteiger partial charge in [-0.1, -0.05) is 48.5 Å². The molecule has 1 N–H and O–H groups in total. The van der Waals surface area contributed by atoms with Crippen molar-refractivity contribution in [2.24, 2.45) is 0 Å². The molecular weight excluding hydrogens is 495 g/mol. The number of aliphatic hydroxyl groups is 1. The van der Waals surface area contributed by atoms with Gasteiger partial charge in [-0.15, -0.1) is 0 Å². The number of ether oxygens (including phenoxy) is 1. The molecule has 6 nitrogen and oxygen atoms in total. The third kappa shape index (κ3) is 4.88. The molecule has 4 aromatic rings. The molecule has 1 atom stereocenters. The monoisotopic (exact) mass is 518 g/mol. The number of hydrogen-bond acceptors (Lipinski definition) is 5. The van der Waals surface area contributed by atoms with Crippen LogP contribution in [0.5, 0.6) is 5.75 Å². The van der Waals surface area contributed by atoms with Crippen LogP contribution in [0.15, 0.2) is 103 Å². The first-order valence-corrected chi connectivity index (χ1v) is 12.2. The fraction of sp³-hybridized carbons (Fsp3) is 0.0938. The molecule has 1 aliphatic heterocycles. The Hall–Kier alpha value is -5.22. The number of rotatable bonds is 6. The standard InChI is InChI=1S/C32H23FN2O4/c1-20-17-23(13-16-27(20)39-19-22-7-3-2-4-8-22)30(36)28-29(25-9-5-6-10-26(25)33)35(32(38)31(28)37)24-14-11-21(18-34)12-15-24/h2-17,29,36H,19H2,1H3/b30-28+. The summed E-state index contributed by atoms with van der Waals surface area (Å²) in [6.45, 7) is 2.16. The average molecular weight is 519 g/mol. The third-order valence-corrected chi connectivity index (χ3v) is 6.60. The number of anilines is 1. The van der Waals surface area contributed by atoms with Crippen LogP contribution >= 0.6 is 0 Å². The van der Waals surface area contributed by atoms with E-state index in [0.717, 1.165) is 10.5 Å². The van der Waals surface area contributed by atoms with E-state index in [1.165, 1.54) is 42.5 Å². The van der Waals surface area contributed by atoms with Gasteiger partial charge in [-0.05, 0) is 66.6 Å². The van der Waals surface area contributed by atoms with E-state index in [1.807, 2.05) is 36.4 Å². The van der Waals surface area contributed by atoms with Crippen molar-refractivity contribution in [3.8, 4) is 11.8 Å². The van der Waals surface area contributed by atoms with Gasteiger partial charge in [0.1, 0.15) is 23.9 Å². The van der Waals surface area contributed by atoms with E-state index in [2.05, 4.69) is 0 Å². The minimum absolute atomic E-state index is 0.0575. The van der Waals surface area contributed by atoms with Crippen LogP contribution in [-0.2, 0) is 16.2 Å². The quantitative estimate of drug-likeness (QED) is 0.186. The second-order valence-corrected chi connectivity index (χ2v) is 9.10. The normalized spacial score (nSPS) is 16.2. The first-order chi connectivity index (χ1) is 18.9. The summed E-state index contributed by atoms with van der Waals surface area (Å²) in [5.74, 6) is -2.30. The molecule has 1 heterocycles. The molecule has 0 radical (unpaired) electrons. The molecule has 39 heavy (non-hydrogen) atoms. The predicted octanol–water partition coefficient (Wildman–Crippen LogP) is 6.21. The number of nitriles is 1. The number of aryl methyl sites for hydroxylation is 1. The van der Waals surface area contributed by atoms with E-state index >= 15 is 4.39 Å². The molecule has 4 aromatic carbocycles. The maximum absolute atomic E-state index is 15.1. The minimum atomic E-state index is -1.21. The van der Waals surface area contributed by atoms with Gasteiger partial charge in [-0.25, -0.2) is 4.39 Å². The van der Waals surface area contributed by atoms with E-state index in [0.29, 0.717) is 34.7 Å². The van der Waals surface area contributed by atoms with Crippen molar-refractivity contribution in [3.63, 3.8) is 0 Å². The Morgan fingerprint density at radius 3 is 2.33 bits per heavy atom. The van der Waals surface area contributed by atoms with Crippen molar-refractivity contribution in [2.75, 3.05) is 4.90 Å². The Balaban J connectivity index is 1.57. The van der Waals surface area contributed by atoms with Crippen LogP contribution < -0.4 is 9.64 Å². The highest BCUT2D eigenvalue weighted by Gasteiger charge is 2.47. The van der Waals surface area contributed by atoms with Gasteiger partial charge in [-0.2, -0.15) is 5.26 Å². The maximum atomic E-state index is 15.1. The number of hydrogen-bond donors (Lipinski definition) is 1. The first kappa shape index (κ1) is 25.4. The summed E-state index contributed by atoms with van der Waals surface area (Å²) in [4.78, 5) is 27.7. The first-order valence-electron chi connectivity index (χ1n) is 12.2. The largest absolute Gasteiger partial charge is 0.507 e. The number of aliphatic hydroxyl groups excluding tert-OH is 1. The van der Waals surface area contributed by atoms with Gasteiger partial charge in [0, 0.05) is 16.8 Å². The summed E-state index contributed by atoms with van der Waals surface area (Å²) >= 11 is 0. The van der Waals surface area contributed by atoms with E-state index < -0.39 is 29.3 Å². The van der Waals surface area contributed by atoms with Gasteiger partial charge in [0.15, 0.2) is 0 Å². The van der Waals surface area contributed by atoms with Crippen molar-refractivity contribution in [2.45, 2.75) is 19.6 Å². The number of carbonyl (C=O) groups is 2. The number of ketones is 1. The van der Waals surface area contributed by atoms with E-state index in [9.17, 15) is 14.7 Å². The van der Waals surface area contributed by atoms with Crippen LogP contribution in [-0.4, -0.2) is 16.8 Å². The summed E-state index contributed by atoms with van der Waals surface area (Å²) in [6, 6.07) is 27.2. The van der Waals surface area contributed by atoms with Crippen molar-refractivity contribution in [1.82, 2.24) is 0 Å². The highest BCUT2D eigenvalue weighted by atomic mass is 19.1. The molecule has 0 spiro atoms. The van der Waals surface area contributed by atoms with Crippen molar-refractivity contribution < 1.29 is 23.8 Å². The summed E-state index contributed by atoms with van der Waals surface area (Å²) < 4.78 is 21.0. The van der Waals surface area contributed by atoms with Crippen LogP contribution in [0.1, 0.15) is 33.9 Å². The molecule has 1 fully saturated rings. The lowest BCUT2D eigenvalue weighted by atomic mass is 9.94. The molecule has 0 saturated carbocycles. The van der Waals surface area contributed by atoms with Crippen LogP contribution in [0.3, 0.4) is 0 Å². The number of amides is 1. The summed E-state index contributed by atoms with van der Waals surface area (Å²) in [7, 11) is 0. The van der Waals surface area contributed by atoms with E-state index in [-0.39, 0.29) is 11.1 Å². The van der Waals surface area contributed by atoms with Gasteiger partial charge >= 0.3 is 0 Å². The number of halogens is 1. The molecule has 0 aromatic heterocycles. The SMILES string of the molecule is Cc1cc(/C(O)=C2\C(=O)C(=O)N(c3ccc(C#N)cc3)C2c2ccccc2F)ccc1OCc1ccccc1. The molecule has 1 saturated heterocycles. The van der Waals surface area contributed by atoms with Crippen LogP contribution in [0.25, 0.3) is 5.76 Å². The highest BCUT2D eigenvalue weighted by molar-refractivity contribution is 6.51.